The molecule has 10 heteroatoms. The molecule has 1 saturated heterocycles. The third-order valence-electron chi connectivity index (χ3n) is 5.84. The molecule has 2 aliphatic heterocycles. The van der Waals surface area contributed by atoms with Gasteiger partial charge in [-0.25, -0.2) is 9.59 Å². The van der Waals surface area contributed by atoms with Crippen LogP contribution in [0.15, 0.2) is 24.3 Å². The molecule has 0 bridgehead atoms. The van der Waals surface area contributed by atoms with Gasteiger partial charge in [-0.15, -0.1) is 0 Å². The molecule has 184 valence electrons. The van der Waals surface area contributed by atoms with E-state index in [-0.39, 0.29) is 35.6 Å². The molecule has 1 atom stereocenters. The maximum Gasteiger partial charge on any atom is 0.409 e. The van der Waals surface area contributed by atoms with Gasteiger partial charge in [0.25, 0.3) is 17.7 Å². The van der Waals surface area contributed by atoms with Gasteiger partial charge in [0.2, 0.25) is 0 Å². The second-order valence-electron chi connectivity index (χ2n) is 8.81. The first-order chi connectivity index (χ1) is 16.2. The van der Waals surface area contributed by atoms with E-state index in [4.69, 9.17) is 9.47 Å². The molecule has 0 spiro atoms. The average molecular weight is 474 g/mol. The standard InChI is InChI=1S/C24H31N3O7/c1-4-33-24(32)26-11-9-16(10-12-26)25-20(28)14-34-23(31)19(13-15(2)3)27-21(29)17-7-5-6-8-18(17)22(27)30/h5-8,15-16,19H,4,9-14H2,1-3H3,(H,25,28). The molecule has 1 N–H and O–H groups in total. The average Bonchev–Trinajstić information content (AvgIpc) is 3.06. The minimum Gasteiger partial charge on any atom is -0.454 e. The summed E-state index contributed by atoms with van der Waals surface area (Å²) < 4.78 is 10.2. The van der Waals surface area contributed by atoms with Gasteiger partial charge in [-0.05, 0) is 44.2 Å². The predicted octanol–water partition coefficient (Wildman–Crippen LogP) is 1.98. The maximum absolute atomic E-state index is 12.9. The Balaban J connectivity index is 1.55. The molecular weight excluding hydrogens is 442 g/mol. The van der Waals surface area contributed by atoms with Gasteiger partial charge >= 0.3 is 12.1 Å². The summed E-state index contributed by atoms with van der Waals surface area (Å²) in [5, 5.41) is 2.80. The zero-order valence-electron chi connectivity index (χ0n) is 19.7. The largest absolute Gasteiger partial charge is 0.454 e. The number of hydrogen-bond acceptors (Lipinski definition) is 7. The summed E-state index contributed by atoms with van der Waals surface area (Å²) in [7, 11) is 0. The fourth-order valence-corrected chi connectivity index (χ4v) is 4.17. The van der Waals surface area contributed by atoms with Crippen molar-refractivity contribution in [2.75, 3.05) is 26.3 Å². The Bertz CT molecular complexity index is 919. The Labute approximate surface area is 198 Å². The van der Waals surface area contributed by atoms with Crippen LogP contribution in [-0.2, 0) is 19.1 Å². The van der Waals surface area contributed by atoms with E-state index in [2.05, 4.69) is 5.32 Å². The number of ether oxygens (including phenoxy) is 2. The minimum absolute atomic E-state index is 0.000252. The van der Waals surface area contributed by atoms with Gasteiger partial charge in [0.15, 0.2) is 6.61 Å². The Morgan fingerprint density at radius 3 is 2.15 bits per heavy atom. The summed E-state index contributed by atoms with van der Waals surface area (Å²) in [5.74, 6) is -2.36. The van der Waals surface area contributed by atoms with Gasteiger partial charge in [0.1, 0.15) is 6.04 Å². The van der Waals surface area contributed by atoms with E-state index < -0.39 is 36.3 Å². The van der Waals surface area contributed by atoms with Crippen molar-refractivity contribution in [3.8, 4) is 0 Å². The lowest BCUT2D eigenvalue weighted by molar-refractivity contribution is -0.153. The number of carbonyl (C=O) groups excluding carboxylic acids is 5. The van der Waals surface area contributed by atoms with E-state index in [1.54, 1.807) is 36.1 Å². The summed E-state index contributed by atoms with van der Waals surface area (Å²) in [4.78, 5) is 65.2. The number of amides is 4. The van der Waals surface area contributed by atoms with Crippen molar-refractivity contribution in [3.05, 3.63) is 35.4 Å². The Kier molecular flexibility index (Phi) is 8.25. The van der Waals surface area contributed by atoms with E-state index in [0.29, 0.717) is 32.5 Å². The number of benzene rings is 1. The molecule has 2 aliphatic rings. The number of imide groups is 1. The topological polar surface area (TPSA) is 122 Å². The van der Waals surface area contributed by atoms with E-state index in [9.17, 15) is 24.0 Å². The van der Waals surface area contributed by atoms with Crippen molar-refractivity contribution in [3.63, 3.8) is 0 Å². The highest BCUT2D eigenvalue weighted by Gasteiger charge is 2.43. The third kappa shape index (κ3) is 5.73. The fourth-order valence-electron chi connectivity index (χ4n) is 4.17. The quantitative estimate of drug-likeness (QED) is 0.452. The summed E-state index contributed by atoms with van der Waals surface area (Å²) in [5.41, 5.74) is 0.502. The van der Waals surface area contributed by atoms with Crippen molar-refractivity contribution in [2.24, 2.45) is 5.92 Å². The number of carbonyl (C=O) groups is 5. The number of nitrogens with zero attached hydrogens (tertiary/aromatic N) is 2. The van der Waals surface area contributed by atoms with Gasteiger partial charge in [-0.1, -0.05) is 26.0 Å². The number of hydrogen-bond donors (Lipinski definition) is 1. The molecule has 4 amide bonds. The summed E-state index contributed by atoms with van der Waals surface area (Å²) in [6, 6.07) is 5.14. The lowest BCUT2D eigenvalue weighted by atomic mass is 10.0. The molecule has 1 unspecified atom stereocenters. The predicted molar refractivity (Wildman–Crippen MR) is 121 cm³/mol. The second kappa shape index (κ2) is 11.1. The van der Waals surface area contributed by atoms with E-state index >= 15 is 0 Å². The molecule has 1 aromatic rings. The van der Waals surface area contributed by atoms with E-state index in [1.807, 2.05) is 13.8 Å². The van der Waals surface area contributed by atoms with Crippen LogP contribution in [-0.4, -0.2) is 78.0 Å². The van der Waals surface area contributed by atoms with Crippen molar-refractivity contribution in [2.45, 2.75) is 52.1 Å². The van der Waals surface area contributed by atoms with Gasteiger partial charge in [0.05, 0.1) is 17.7 Å². The molecule has 0 saturated carbocycles. The fraction of sp³-hybridized carbons (Fsp3) is 0.542. The van der Waals surface area contributed by atoms with Crippen molar-refractivity contribution in [1.82, 2.24) is 15.1 Å². The maximum atomic E-state index is 12.9. The highest BCUT2D eigenvalue weighted by atomic mass is 16.6. The molecule has 2 heterocycles. The Hall–Kier alpha value is -3.43. The highest BCUT2D eigenvalue weighted by Crippen LogP contribution is 2.27. The second-order valence-corrected chi connectivity index (χ2v) is 8.81. The number of likely N-dealkylation sites (tertiary alicyclic amines) is 1. The normalized spacial score (nSPS) is 16.9. The van der Waals surface area contributed by atoms with Gasteiger partial charge in [0, 0.05) is 19.1 Å². The number of fused-ring (bicyclic) bond motifs is 1. The van der Waals surface area contributed by atoms with Crippen LogP contribution in [0.1, 0.15) is 60.7 Å². The lowest BCUT2D eigenvalue weighted by Crippen LogP contribution is -2.49. The monoisotopic (exact) mass is 473 g/mol. The lowest BCUT2D eigenvalue weighted by Gasteiger charge is -2.31. The van der Waals surface area contributed by atoms with E-state index in [0.717, 1.165) is 4.90 Å². The van der Waals surface area contributed by atoms with Crippen molar-refractivity contribution >= 4 is 29.8 Å². The van der Waals surface area contributed by atoms with Crippen LogP contribution in [0, 0.1) is 5.92 Å². The smallest absolute Gasteiger partial charge is 0.409 e. The van der Waals surface area contributed by atoms with Crippen LogP contribution in [0.3, 0.4) is 0 Å². The van der Waals surface area contributed by atoms with Crippen LogP contribution < -0.4 is 5.32 Å². The molecule has 1 fully saturated rings. The summed E-state index contributed by atoms with van der Waals surface area (Å²) in [6.45, 7) is 6.18. The SMILES string of the molecule is CCOC(=O)N1CCC(NC(=O)COC(=O)C(CC(C)C)N2C(=O)c3ccccc3C2=O)CC1. The zero-order valence-corrected chi connectivity index (χ0v) is 19.7. The summed E-state index contributed by atoms with van der Waals surface area (Å²) >= 11 is 0. The van der Waals surface area contributed by atoms with Crippen LogP contribution in [0.4, 0.5) is 4.79 Å². The highest BCUT2D eigenvalue weighted by molar-refractivity contribution is 6.22. The molecule has 3 rings (SSSR count). The first-order valence-electron chi connectivity index (χ1n) is 11.6. The zero-order chi connectivity index (χ0) is 24.8. The molecule has 1 aromatic carbocycles. The van der Waals surface area contributed by atoms with Crippen LogP contribution >= 0.6 is 0 Å². The molecular formula is C24H31N3O7. The number of esters is 1. The Morgan fingerprint density at radius 2 is 1.62 bits per heavy atom. The minimum atomic E-state index is -1.12. The number of piperidine rings is 1. The number of rotatable bonds is 8. The number of nitrogens with one attached hydrogen (secondary N) is 1. The Morgan fingerprint density at radius 1 is 1.03 bits per heavy atom. The van der Waals surface area contributed by atoms with Gasteiger partial charge in [-0.2, -0.15) is 0 Å². The van der Waals surface area contributed by atoms with Crippen molar-refractivity contribution in [1.29, 1.82) is 0 Å². The summed E-state index contributed by atoms with van der Waals surface area (Å²) in [6.07, 6.45) is 0.969. The van der Waals surface area contributed by atoms with Crippen LogP contribution in [0.5, 0.6) is 0 Å². The molecule has 0 aromatic heterocycles. The van der Waals surface area contributed by atoms with Crippen LogP contribution in [0.25, 0.3) is 0 Å². The van der Waals surface area contributed by atoms with Gasteiger partial charge in [-0.3, -0.25) is 19.3 Å². The van der Waals surface area contributed by atoms with Gasteiger partial charge < -0.3 is 19.7 Å². The molecule has 0 aliphatic carbocycles. The first kappa shape index (κ1) is 25.2. The first-order valence-corrected chi connectivity index (χ1v) is 11.6. The molecule has 0 radical (unpaired) electrons. The van der Waals surface area contributed by atoms with E-state index in [1.165, 1.54) is 0 Å². The molecule has 10 nitrogen and oxygen atoms in total. The molecule has 34 heavy (non-hydrogen) atoms. The van der Waals surface area contributed by atoms with Crippen molar-refractivity contribution < 1.29 is 33.4 Å². The van der Waals surface area contributed by atoms with Crippen LogP contribution in [0.2, 0.25) is 0 Å². The third-order valence-corrected chi connectivity index (χ3v) is 5.84.